The van der Waals surface area contributed by atoms with E-state index in [2.05, 4.69) is 10.6 Å². The second kappa shape index (κ2) is 8.69. The minimum Gasteiger partial charge on any atom is -0.387 e. The maximum absolute atomic E-state index is 13.3. The Kier molecular flexibility index (Phi) is 6.61. The molecule has 0 bridgehead atoms. The second-order valence-electron chi connectivity index (χ2n) is 6.09. The second-order valence-corrected chi connectivity index (χ2v) is 6.09. The molecule has 2 rings (SSSR count). The Bertz CT molecular complexity index is 710. The van der Waals surface area contributed by atoms with Gasteiger partial charge in [0, 0.05) is 24.2 Å². The molecule has 0 fully saturated rings. The number of anilines is 1. The normalized spacial score (nSPS) is 14.6. The van der Waals surface area contributed by atoms with Gasteiger partial charge in [-0.15, -0.1) is 0 Å². The number of amides is 1. The lowest BCUT2D eigenvalue weighted by molar-refractivity contribution is -0.116. The van der Waals surface area contributed by atoms with Crippen LogP contribution in [0.25, 0.3) is 0 Å². The summed E-state index contributed by atoms with van der Waals surface area (Å²) in [4.78, 5) is 12.0. The van der Waals surface area contributed by atoms with Gasteiger partial charge >= 0.3 is 0 Å². The first-order valence-corrected chi connectivity index (χ1v) is 8.10. The standard InChI is InChI=1S/C19H22F2N2O2/c1-12(10-18(24)23-15-6-4-3-5-7-15)22-13(2)19(25)14-8-9-16(20)17(21)11-14/h3-9,11-13,19,22,25H,10H2,1-2H3,(H,23,24). The number of benzene rings is 2. The minimum absolute atomic E-state index is 0.152. The highest BCUT2D eigenvalue weighted by Gasteiger charge is 2.20. The zero-order valence-corrected chi connectivity index (χ0v) is 14.2. The number of rotatable bonds is 7. The fourth-order valence-electron chi connectivity index (χ4n) is 2.60. The molecule has 3 unspecified atom stereocenters. The van der Waals surface area contributed by atoms with Crippen LogP contribution in [0.2, 0.25) is 0 Å². The summed E-state index contributed by atoms with van der Waals surface area (Å²) in [7, 11) is 0. The zero-order valence-electron chi connectivity index (χ0n) is 14.2. The third-order valence-electron chi connectivity index (χ3n) is 3.86. The summed E-state index contributed by atoms with van der Waals surface area (Å²) < 4.78 is 26.3. The fraction of sp³-hybridized carbons (Fsp3) is 0.316. The van der Waals surface area contributed by atoms with Gasteiger partial charge in [-0.3, -0.25) is 4.79 Å². The van der Waals surface area contributed by atoms with Crippen molar-refractivity contribution in [3.05, 3.63) is 65.7 Å². The average molecular weight is 348 g/mol. The first-order chi connectivity index (χ1) is 11.9. The van der Waals surface area contributed by atoms with Gasteiger partial charge < -0.3 is 15.7 Å². The van der Waals surface area contributed by atoms with Gasteiger partial charge in [0.25, 0.3) is 0 Å². The summed E-state index contributed by atoms with van der Waals surface area (Å²) in [6.07, 6.45) is -0.807. The van der Waals surface area contributed by atoms with Gasteiger partial charge in [-0.05, 0) is 43.7 Å². The number of carbonyl (C=O) groups excluding carboxylic acids is 1. The Labute approximate surface area is 145 Å². The Morgan fingerprint density at radius 1 is 1.08 bits per heavy atom. The predicted molar refractivity (Wildman–Crippen MR) is 93.1 cm³/mol. The van der Waals surface area contributed by atoms with E-state index in [-0.39, 0.29) is 23.9 Å². The molecule has 0 aliphatic carbocycles. The third-order valence-corrected chi connectivity index (χ3v) is 3.86. The summed E-state index contributed by atoms with van der Waals surface area (Å²) in [5.74, 6) is -2.11. The molecule has 0 radical (unpaired) electrons. The Balaban J connectivity index is 1.87. The molecule has 2 aromatic rings. The highest BCUT2D eigenvalue weighted by atomic mass is 19.2. The first-order valence-electron chi connectivity index (χ1n) is 8.10. The summed E-state index contributed by atoms with van der Waals surface area (Å²) in [6.45, 7) is 3.54. The SMILES string of the molecule is CC(CC(=O)Nc1ccccc1)NC(C)C(O)c1ccc(F)c(F)c1. The third kappa shape index (κ3) is 5.62. The van der Waals surface area contributed by atoms with Crippen molar-refractivity contribution in [2.75, 3.05) is 5.32 Å². The molecule has 0 spiro atoms. The van der Waals surface area contributed by atoms with E-state index in [9.17, 15) is 18.7 Å². The molecule has 0 aliphatic heterocycles. The largest absolute Gasteiger partial charge is 0.387 e. The van der Waals surface area contributed by atoms with E-state index in [0.717, 1.165) is 17.8 Å². The van der Waals surface area contributed by atoms with Gasteiger partial charge in [0.2, 0.25) is 5.91 Å². The van der Waals surface area contributed by atoms with Crippen LogP contribution in [0, 0.1) is 11.6 Å². The van der Waals surface area contributed by atoms with E-state index in [0.29, 0.717) is 0 Å². The highest BCUT2D eigenvalue weighted by molar-refractivity contribution is 5.90. The lowest BCUT2D eigenvalue weighted by Gasteiger charge is -2.24. The molecule has 0 aromatic heterocycles. The molecule has 3 N–H and O–H groups in total. The number of carbonyl (C=O) groups is 1. The summed E-state index contributed by atoms with van der Waals surface area (Å²) in [6, 6.07) is 11.8. The van der Waals surface area contributed by atoms with Gasteiger partial charge in [0.05, 0.1) is 6.10 Å². The van der Waals surface area contributed by atoms with Crippen LogP contribution >= 0.6 is 0 Å². The van der Waals surface area contributed by atoms with Gasteiger partial charge in [-0.25, -0.2) is 8.78 Å². The molecular weight excluding hydrogens is 326 g/mol. The number of halogens is 2. The van der Waals surface area contributed by atoms with Gasteiger partial charge in [0.15, 0.2) is 11.6 Å². The van der Waals surface area contributed by atoms with Crippen LogP contribution in [0.3, 0.4) is 0 Å². The molecule has 0 aliphatic rings. The Hall–Kier alpha value is -2.31. The molecule has 1 amide bonds. The van der Waals surface area contributed by atoms with Crippen LogP contribution in [0.5, 0.6) is 0 Å². The average Bonchev–Trinajstić information content (AvgIpc) is 2.57. The molecule has 134 valence electrons. The van der Waals surface area contributed by atoms with Crippen LogP contribution in [0.4, 0.5) is 14.5 Å². The van der Waals surface area contributed by atoms with Crippen molar-refractivity contribution in [1.29, 1.82) is 0 Å². The lowest BCUT2D eigenvalue weighted by atomic mass is 10.0. The molecule has 2 aromatic carbocycles. The van der Waals surface area contributed by atoms with E-state index in [1.54, 1.807) is 19.1 Å². The van der Waals surface area contributed by atoms with Crippen molar-refractivity contribution in [1.82, 2.24) is 5.32 Å². The van der Waals surface area contributed by atoms with Gasteiger partial charge in [-0.2, -0.15) is 0 Å². The van der Waals surface area contributed by atoms with Crippen LogP contribution in [0.15, 0.2) is 48.5 Å². The maximum atomic E-state index is 13.3. The highest BCUT2D eigenvalue weighted by Crippen LogP contribution is 2.20. The van der Waals surface area contributed by atoms with Crippen molar-refractivity contribution in [3.8, 4) is 0 Å². The van der Waals surface area contributed by atoms with Crippen LogP contribution in [0.1, 0.15) is 31.9 Å². The molecule has 0 saturated heterocycles. The maximum Gasteiger partial charge on any atom is 0.225 e. The molecule has 3 atom stereocenters. The summed E-state index contributed by atoms with van der Waals surface area (Å²) in [5.41, 5.74) is 0.995. The Morgan fingerprint density at radius 3 is 2.40 bits per heavy atom. The smallest absolute Gasteiger partial charge is 0.225 e. The van der Waals surface area contributed by atoms with E-state index in [4.69, 9.17) is 0 Å². The lowest BCUT2D eigenvalue weighted by Crippen LogP contribution is -2.40. The van der Waals surface area contributed by atoms with E-state index in [1.165, 1.54) is 6.07 Å². The van der Waals surface area contributed by atoms with Crippen LogP contribution in [-0.2, 0) is 4.79 Å². The number of para-hydroxylation sites is 1. The van der Waals surface area contributed by atoms with E-state index in [1.807, 2.05) is 25.1 Å². The van der Waals surface area contributed by atoms with Gasteiger partial charge in [0.1, 0.15) is 0 Å². The van der Waals surface area contributed by atoms with Crippen molar-refractivity contribution < 1.29 is 18.7 Å². The van der Waals surface area contributed by atoms with E-state index < -0.39 is 23.8 Å². The van der Waals surface area contributed by atoms with Crippen molar-refractivity contribution in [2.45, 2.75) is 38.5 Å². The van der Waals surface area contributed by atoms with Crippen LogP contribution < -0.4 is 10.6 Å². The molecule has 6 heteroatoms. The zero-order chi connectivity index (χ0) is 18.4. The molecule has 4 nitrogen and oxygen atoms in total. The predicted octanol–water partition coefficient (Wildman–Crippen LogP) is 3.39. The fourth-order valence-corrected chi connectivity index (χ4v) is 2.60. The van der Waals surface area contributed by atoms with Crippen LogP contribution in [-0.4, -0.2) is 23.1 Å². The number of aliphatic hydroxyl groups is 1. The Morgan fingerprint density at radius 2 is 1.76 bits per heavy atom. The number of hydrogen-bond donors (Lipinski definition) is 3. The quantitative estimate of drug-likeness (QED) is 0.719. The van der Waals surface area contributed by atoms with Crippen molar-refractivity contribution in [2.24, 2.45) is 0 Å². The topological polar surface area (TPSA) is 61.4 Å². The van der Waals surface area contributed by atoms with E-state index >= 15 is 0 Å². The van der Waals surface area contributed by atoms with Gasteiger partial charge in [-0.1, -0.05) is 24.3 Å². The van der Waals surface area contributed by atoms with Crippen molar-refractivity contribution in [3.63, 3.8) is 0 Å². The molecular formula is C19H22F2N2O2. The molecule has 25 heavy (non-hydrogen) atoms. The first kappa shape index (κ1) is 19.0. The number of aliphatic hydroxyl groups excluding tert-OH is 1. The number of nitrogens with one attached hydrogen (secondary N) is 2. The monoisotopic (exact) mass is 348 g/mol. The molecule has 0 saturated carbocycles. The number of hydrogen-bond acceptors (Lipinski definition) is 3. The molecule has 0 heterocycles. The minimum atomic E-state index is -1.02. The summed E-state index contributed by atoms with van der Waals surface area (Å²) >= 11 is 0. The summed E-state index contributed by atoms with van der Waals surface area (Å²) in [5, 5.41) is 16.2. The van der Waals surface area contributed by atoms with Crippen molar-refractivity contribution >= 4 is 11.6 Å².